The molecule has 0 radical (unpaired) electrons. The first-order chi connectivity index (χ1) is 11.0. The number of hydrogen-bond donors (Lipinski definition) is 2. The number of halogens is 1. The van der Waals surface area contributed by atoms with Crippen LogP contribution in [0.25, 0.3) is 6.08 Å². The van der Waals surface area contributed by atoms with E-state index in [1.165, 1.54) is 50.6 Å². The van der Waals surface area contributed by atoms with Gasteiger partial charge in [0.1, 0.15) is 11.5 Å². The molecule has 0 aromatic heterocycles. The maximum atomic E-state index is 12.2. The highest BCUT2D eigenvalue weighted by Gasteiger charge is 2.12. The fourth-order valence-corrected chi connectivity index (χ4v) is 2.18. The van der Waals surface area contributed by atoms with Gasteiger partial charge in [0.05, 0.1) is 24.8 Å². The topological polar surface area (TPSA) is 76.0 Å². The van der Waals surface area contributed by atoms with Crippen LogP contribution in [-0.2, 0) is 0 Å². The molecule has 0 atom stereocenters. The van der Waals surface area contributed by atoms with E-state index >= 15 is 0 Å². The second kappa shape index (κ2) is 7.07. The van der Waals surface area contributed by atoms with Crippen molar-refractivity contribution in [3.05, 3.63) is 52.6 Å². The summed E-state index contributed by atoms with van der Waals surface area (Å²) < 4.78 is 10.2. The lowest BCUT2D eigenvalue weighted by atomic mass is 10.1. The molecule has 6 heteroatoms. The third kappa shape index (κ3) is 3.57. The normalized spacial score (nSPS) is 10.7. The molecule has 0 fully saturated rings. The molecule has 0 aliphatic rings. The summed E-state index contributed by atoms with van der Waals surface area (Å²) >= 11 is 5.78. The van der Waals surface area contributed by atoms with Crippen LogP contribution >= 0.6 is 11.6 Å². The van der Waals surface area contributed by atoms with Gasteiger partial charge in [-0.1, -0.05) is 17.7 Å². The summed E-state index contributed by atoms with van der Waals surface area (Å²) in [5.74, 6) is -0.0847. The van der Waals surface area contributed by atoms with E-state index in [9.17, 15) is 15.0 Å². The van der Waals surface area contributed by atoms with Crippen molar-refractivity contribution in [2.75, 3.05) is 14.2 Å². The Hall–Kier alpha value is -2.66. The summed E-state index contributed by atoms with van der Waals surface area (Å²) in [5.41, 5.74) is 0.575. The van der Waals surface area contributed by atoms with Crippen LogP contribution in [0, 0.1) is 0 Å². The molecule has 0 unspecified atom stereocenters. The lowest BCUT2D eigenvalue weighted by Crippen LogP contribution is -1.95. The summed E-state index contributed by atoms with van der Waals surface area (Å²) in [4.78, 5) is 12.2. The Morgan fingerprint density at radius 3 is 2.48 bits per heavy atom. The average molecular weight is 335 g/mol. The number of ketones is 1. The first-order valence-corrected chi connectivity index (χ1v) is 7.00. The molecule has 0 heterocycles. The number of carbonyl (C=O) groups is 1. The van der Waals surface area contributed by atoms with Gasteiger partial charge in [0.15, 0.2) is 17.3 Å². The molecule has 2 rings (SSSR count). The standard InChI is InChI=1S/C17H15ClO5/c1-22-15-9-16(23-2)14(20)8-10(15)6-7-13(19)11-4-3-5-12(18)17(11)21/h3-9,20-21H,1-2H3/b7-6+. The summed E-state index contributed by atoms with van der Waals surface area (Å²) in [6, 6.07) is 7.46. The van der Waals surface area contributed by atoms with Gasteiger partial charge >= 0.3 is 0 Å². The van der Waals surface area contributed by atoms with Gasteiger partial charge in [-0.15, -0.1) is 0 Å². The average Bonchev–Trinajstić information content (AvgIpc) is 2.55. The third-order valence-electron chi connectivity index (χ3n) is 3.20. The monoisotopic (exact) mass is 334 g/mol. The van der Waals surface area contributed by atoms with Crippen molar-refractivity contribution < 1.29 is 24.5 Å². The molecular formula is C17H15ClO5. The molecule has 23 heavy (non-hydrogen) atoms. The first-order valence-electron chi connectivity index (χ1n) is 6.62. The highest BCUT2D eigenvalue weighted by atomic mass is 35.5. The van der Waals surface area contributed by atoms with Crippen molar-refractivity contribution in [2.45, 2.75) is 0 Å². The Labute approximate surface area is 138 Å². The third-order valence-corrected chi connectivity index (χ3v) is 3.50. The number of aromatic hydroxyl groups is 2. The van der Waals surface area contributed by atoms with Crippen LogP contribution in [0.1, 0.15) is 15.9 Å². The summed E-state index contributed by atoms with van der Waals surface area (Å²) in [6.45, 7) is 0. The lowest BCUT2D eigenvalue weighted by molar-refractivity contribution is 0.104. The van der Waals surface area contributed by atoms with Gasteiger partial charge in [-0.25, -0.2) is 0 Å². The number of phenols is 2. The van der Waals surface area contributed by atoms with Gasteiger partial charge in [0.25, 0.3) is 0 Å². The van der Waals surface area contributed by atoms with E-state index in [0.29, 0.717) is 11.3 Å². The Kier molecular flexibility index (Phi) is 5.13. The Morgan fingerprint density at radius 2 is 1.83 bits per heavy atom. The van der Waals surface area contributed by atoms with E-state index in [1.807, 2.05) is 0 Å². The van der Waals surface area contributed by atoms with Gasteiger partial charge < -0.3 is 19.7 Å². The molecule has 0 spiro atoms. The highest BCUT2D eigenvalue weighted by Crippen LogP contribution is 2.34. The van der Waals surface area contributed by atoms with E-state index in [2.05, 4.69) is 0 Å². The molecular weight excluding hydrogens is 320 g/mol. The zero-order valence-corrected chi connectivity index (χ0v) is 13.3. The number of allylic oxidation sites excluding steroid dienone is 1. The molecule has 2 aromatic rings. The number of carbonyl (C=O) groups excluding carboxylic acids is 1. The Morgan fingerprint density at radius 1 is 1.13 bits per heavy atom. The minimum atomic E-state index is -0.428. The van der Waals surface area contributed by atoms with Gasteiger partial charge in [0.2, 0.25) is 0 Å². The van der Waals surface area contributed by atoms with Crippen LogP contribution < -0.4 is 9.47 Å². The van der Waals surface area contributed by atoms with Crippen LogP contribution in [-0.4, -0.2) is 30.2 Å². The predicted octanol–water partition coefficient (Wildman–Crippen LogP) is 3.66. The quantitative estimate of drug-likeness (QED) is 0.644. The number of methoxy groups -OCH3 is 2. The Balaban J connectivity index is 2.34. The van der Waals surface area contributed by atoms with Gasteiger partial charge in [-0.2, -0.15) is 0 Å². The van der Waals surface area contributed by atoms with Crippen molar-refractivity contribution in [3.63, 3.8) is 0 Å². The van der Waals surface area contributed by atoms with Crippen LogP contribution in [0.15, 0.2) is 36.4 Å². The molecule has 120 valence electrons. The smallest absolute Gasteiger partial charge is 0.189 e. The first kappa shape index (κ1) is 16.7. The van der Waals surface area contributed by atoms with Crippen molar-refractivity contribution in [2.24, 2.45) is 0 Å². The van der Waals surface area contributed by atoms with Gasteiger partial charge in [-0.3, -0.25) is 4.79 Å². The van der Waals surface area contributed by atoms with E-state index in [1.54, 1.807) is 6.07 Å². The molecule has 0 aliphatic heterocycles. The summed E-state index contributed by atoms with van der Waals surface area (Å²) in [6.07, 6.45) is 2.73. The molecule has 0 bridgehead atoms. The van der Waals surface area contributed by atoms with Crippen molar-refractivity contribution >= 4 is 23.5 Å². The van der Waals surface area contributed by atoms with Crippen molar-refractivity contribution in [3.8, 4) is 23.0 Å². The predicted molar refractivity (Wildman–Crippen MR) is 87.7 cm³/mol. The number of rotatable bonds is 5. The zero-order valence-electron chi connectivity index (χ0n) is 12.5. The number of hydrogen-bond acceptors (Lipinski definition) is 5. The minimum Gasteiger partial charge on any atom is -0.506 e. The number of para-hydroxylation sites is 1. The maximum Gasteiger partial charge on any atom is 0.189 e. The maximum absolute atomic E-state index is 12.2. The summed E-state index contributed by atoms with van der Waals surface area (Å²) in [7, 11) is 2.89. The molecule has 0 saturated carbocycles. The molecule has 0 amide bonds. The van der Waals surface area contributed by atoms with Crippen LogP contribution in [0.4, 0.5) is 0 Å². The number of phenolic OH excluding ortho intramolecular Hbond substituents is 2. The van der Waals surface area contributed by atoms with Crippen LogP contribution in [0.2, 0.25) is 5.02 Å². The molecule has 0 saturated heterocycles. The minimum absolute atomic E-state index is 0.0778. The van der Waals surface area contributed by atoms with Crippen LogP contribution in [0.3, 0.4) is 0 Å². The number of benzene rings is 2. The van der Waals surface area contributed by atoms with E-state index in [4.69, 9.17) is 21.1 Å². The fourth-order valence-electron chi connectivity index (χ4n) is 2.01. The molecule has 2 N–H and O–H groups in total. The SMILES string of the molecule is COc1cc(OC)c(/C=C/C(=O)c2cccc(Cl)c2O)cc1O. The van der Waals surface area contributed by atoms with Crippen LogP contribution in [0.5, 0.6) is 23.0 Å². The summed E-state index contributed by atoms with van der Waals surface area (Å²) in [5, 5.41) is 19.7. The van der Waals surface area contributed by atoms with E-state index in [0.717, 1.165) is 0 Å². The largest absolute Gasteiger partial charge is 0.506 e. The second-order valence-electron chi connectivity index (χ2n) is 4.60. The molecule has 2 aromatic carbocycles. The van der Waals surface area contributed by atoms with Crippen molar-refractivity contribution in [1.29, 1.82) is 0 Å². The lowest BCUT2D eigenvalue weighted by Gasteiger charge is -2.09. The zero-order chi connectivity index (χ0) is 17.0. The van der Waals surface area contributed by atoms with E-state index in [-0.39, 0.29) is 27.8 Å². The fraction of sp³-hybridized carbons (Fsp3) is 0.118. The van der Waals surface area contributed by atoms with E-state index < -0.39 is 5.78 Å². The number of ether oxygens (including phenoxy) is 2. The Bertz CT molecular complexity index is 768. The van der Waals surface area contributed by atoms with Gasteiger partial charge in [0, 0.05) is 11.6 Å². The second-order valence-corrected chi connectivity index (χ2v) is 5.01. The van der Waals surface area contributed by atoms with Crippen molar-refractivity contribution in [1.82, 2.24) is 0 Å². The highest BCUT2D eigenvalue weighted by molar-refractivity contribution is 6.32. The molecule has 0 aliphatic carbocycles. The molecule has 5 nitrogen and oxygen atoms in total. The van der Waals surface area contributed by atoms with Gasteiger partial charge in [-0.05, 0) is 30.4 Å².